The minimum atomic E-state index is -0.348. The number of nitrogens with one attached hydrogen (secondary N) is 2. The van der Waals surface area contributed by atoms with E-state index in [1.807, 2.05) is 31.2 Å². The second-order valence-electron chi connectivity index (χ2n) is 4.36. The maximum atomic E-state index is 13.7. The molecule has 0 saturated carbocycles. The number of halogens is 2. The molecule has 2 N–H and O–H groups in total. The van der Waals surface area contributed by atoms with Gasteiger partial charge in [0.2, 0.25) is 0 Å². The Bertz CT molecular complexity index is 631. The zero-order valence-electron chi connectivity index (χ0n) is 10.9. The number of thiocarbonyl (C=S) groups is 1. The molecule has 0 radical (unpaired) electrons. The fraction of sp³-hybridized carbons (Fsp3) is 0.133. The molecule has 0 atom stereocenters. The van der Waals surface area contributed by atoms with Crippen molar-refractivity contribution in [3.05, 3.63) is 63.9 Å². The van der Waals surface area contributed by atoms with E-state index < -0.39 is 0 Å². The van der Waals surface area contributed by atoms with Crippen LogP contribution in [0.5, 0.6) is 0 Å². The maximum Gasteiger partial charge on any atom is 0.171 e. The zero-order chi connectivity index (χ0) is 14.5. The van der Waals surface area contributed by atoms with Crippen molar-refractivity contribution in [2.24, 2.45) is 0 Å². The molecule has 2 nitrogen and oxygen atoms in total. The van der Waals surface area contributed by atoms with Gasteiger partial charge in [0.05, 0.1) is 5.69 Å². The van der Waals surface area contributed by atoms with E-state index in [0.717, 1.165) is 5.56 Å². The number of anilines is 1. The number of hydrogen-bond donors (Lipinski definition) is 2. The summed E-state index contributed by atoms with van der Waals surface area (Å²) >= 11 is 8.39. The van der Waals surface area contributed by atoms with E-state index in [4.69, 9.17) is 12.2 Å². The second-order valence-corrected chi connectivity index (χ2v) is 5.68. The van der Waals surface area contributed by atoms with Crippen molar-refractivity contribution in [2.45, 2.75) is 13.5 Å². The topological polar surface area (TPSA) is 24.1 Å². The Morgan fingerprint density at radius 1 is 1.25 bits per heavy atom. The molecule has 0 aliphatic heterocycles. The summed E-state index contributed by atoms with van der Waals surface area (Å²) in [4.78, 5) is 0. The number of aryl methyl sites for hydroxylation is 1. The van der Waals surface area contributed by atoms with Gasteiger partial charge in [-0.25, -0.2) is 4.39 Å². The highest BCUT2D eigenvalue weighted by molar-refractivity contribution is 9.10. The van der Waals surface area contributed by atoms with E-state index in [1.54, 1.807) is 12.1 Å². The molecule has 0 fully saturated rings. The number of hydrogen-bond acceptors (Lipinski definition) is 1. The van der Waals surface area contributed by atoms with E-state index in [-0.39, 0.29) is 5.82 Å². The van der Waals surface area contributed by atoms with Crippen LogP contribution in [-0.4, -0.2) is 5.11 Å². The van der Waals surface area contributed by atoms with Crippen LogP contribution in [0.2, 0.25) is 0 Å². The molecule has 0 unspecified atom stereocenters. The molecule has 104 valence electrons. The lowest BCUT2D eigenvalue weighted by Crippen LogP contribution is -2.28. The van der Waals surface area contributed by atoms with E-state index in [1.165, 1.54) is 11.6 Å². The Labute approximate surface area is 131 Å². The molecule has 0 aliphatic carbocycles. The molecular weight excluding hydrogens is 339 g/mol. The molecule has 0 heterocycles. The van der Waals surface area contributed by atoms with Crippen molar-refractivity contribution in [1.82, 2.24) is 5.32 Å². The molecule has 0 aromatic heterocycles. The van der Waals surface area contributed by atoms with Crippen LogP contribution in [0.3, 0.4) is 0 Å². The van der Waals surface area contributed by atoms with Gasteiger partial charge >= 0.3 is 0 Å². The quantitative estimate of drug-likeness (QED) is 0.801. The fourth-order valence-corrected chi connectivity index (χ4v) is 2.26. The van der Waals surface area contributed by atoms with Crippen molar-refractivity contribution in [2.75, 3.05) is 5.32 Å². The van der Waals surface area contributed by atoms with Gasteiger partial charge in [-0.2, -0.15) is 0 Å². The highest BCUT2D eigenvalue weighted by atomic mass is 79.9. The van der Waals surface area contributed by atoms with Crippen LogP contribution < -0.4 is 10.6 Å². The summed E-state index contributed by atoms with van der Waals surface area (Å²) in [7, 11) is 0. The first-order valence-corrected chi connectivity index (χ1v) is 7.31. The first-order chi connectivity index (χ1) is 9.56. The van der Waals surface area contributed by atoms with Gasteiger partial charge in [0.25, 0.3) is 0 Å². The molecule has 0 aliphatic rings. The molecule has 20 heavy (non-hydrogen) atoms. The van der Waals surface area contributed by atoms with E-state index >= 15 is 0 Å². The van der Waals surface area contributed by atoms with Gasteiger partial charge in [-0.15, -0.1) is 0 Å². The third-order valence-electron chi connectivity index (χ3n) is 2.88. The van der Waals surface area contributed by atoms with E-state index in [9.17, 15) is 4.39 Å². The summed E-state index contributed by atoms with van der Waals surface area (Å²) < 4.78 is 14.4. The molecular formula is C15H14BrFN2S. The monoisotopic (exact) mass is 352 g/mol. The molecule has 2 aromatic rings. The Hall–Kier alpha value is -1.46. The average Bonchev–Trinajstić information content (AvgIpc) is 2.41. The molecule has 5 heteroatoms. The van der Waals surface area contributed by atoms with Crippen LogP contribution in [0.1, 0.15) is 11.1 Å². The summed E-state index contributed by atoms with van der Waals surface area (Å²) in [6.07, 6.45) is 0. The average molecular weight is 353 g/mol. The minimum absolute atomic E-state index is 0.348. The number of rotatable bonds is 3. The molecule has 0 bridgehead atoms. The standard InChI is InChI=1S/C15H14BrFN2S/c1-10-4-2-3-5-11(10)9-18-15(20)19-14-7-6-12(16)8-13(14)17/h2-8H,9H2,1H3,(H2,18,19,20). The summed E-state index contributed by atoms with van der Waals surface area (Å²) in [6, 6.07) is 12.8. The zero-order valence-corrected chi connectivity index (χ0v) is 13.3. The van der Waals surface area contributed by atoms with Crippen LogP contribution in [0, 0.1) is 12.7 Å². The van der Waals surface area contributed by atoms with Crippen LogP contribution in [-0.2, 0) is 6.54 Å². The van der Waals surface area contributed by atoms with Crippen LogP contribution >= 0.6 is 28.1 Å². The summed E-state index contributed by atoms with van der Waals surface area (Å²) in [6.45, 7) is 2.65. The Balaban J connectivity index is 1.94. The Morgan fingerprint density at radius 2 is 2.00 bits per heavy atom. The van der Waals surface area contributed by atoms with E-state index in [0.29, 0.717) is 21.8 Å². The SMILES string of the molecule is Cc1ccccc1CNC(=S)Nc1ccc(Br)cc1F. The summed E-state index contributed by atoms with van der Waals surface area (Å²) in [5.41, 5.74) is 2.71. The smallest absolute Gasteiger partial charge is 0.171 e. The van der Waals surface area contributed by atoms with Gasteiger partial charge in [-0.3, -0.25) is 0 Å². The molecule has 0 spiro atoms. The van der Waals surface area contributed by atoms with Gasteiger partial charge in [-0.05, 0) is 48.5 Å². The molecule has 2 rings (SSSR count). The number of benzene rings is 2. The third-order valence-corrected chi connectivity index (χ3v) is 3.62. The normalized spacial score (nSPS) is 10.2. The minimum Gasteiger partial charge on any atom is -0.358 e. The lowest BCUT2D eigenvalue weighted by Gasteiger charge is -2.12. The van der Waals surface area contributed by atoms with Crippen molar-refractivity contribution >= 4 is 38.9 Å². The lowest BCUT2D eigenvalue weighted by molar-refractivity contribution is 0.631. The summed E-state index contributed by atoms with van der Waals surface area (Å²) in [5.74, 6) is -0.348. The first-order valence-electron chi connectivity index (χ1n) is 6.10. The van der Waals surface area contributed by atoms with Crippen molar-refractivity contribution in [3.8, 4) is 0 Å². The van der Waals surface area contributed by atoms with Crippen molar-refractivity contribution < 1.29 is 4.39 Å². The predicted octanol–water partition coefficient (Wildman–Crippen LogP) is 4.38. The van der Waals surface area contributed by atoms with Crippen LogP contribution in [0.15, 0.2) is 46.9 Å². The third kappa shape index (κ3) is 4.02. The highest BCUT2D eigenvalue weighted by Crippen LogP contribution is 2.19. The molecule has 0 amide bonds. The predicted molar refractivity (Wildman–Crippen MR) is 88.3 cm³/mol. The van der Waals surface area contributed by atoms with Crippen LogP contribution in [0.4, 0.5) is 10.1 Å². The Morgan fingerprint density at radius 3 is 2.70 bits per heavy atom. The van der Waals surface area contributed by atoms with Gasteiger partial charge < -0.3 is 10.6 Å². The molecule has 2 aromatic carbocycles. The van der Waals surface area contributed by atoms with E-state index in [2.05, 4.69) is 26.6 Å². The second kappa shape index (κ2) is 6.81. The van der Waals surface area contributed by atoms with Crippen LogP contribution in [0.25, 0.3) is 0 Å². The van der Waals surface area contributed by atoms with Gasteiger partial charge in [0.15, 0.2) is 5.11 Å². The first kappa shape index (κ1) is 14.9. The highest BCUT2D eigenvalue weighted by Gasteiger charge is 2.05. The van der Waals surface area contributed by atoms with Gasteiger partial charge in [0.1, 0.15) is 5.82 Å². The Kier molecular flexibility index (Phi) is 5.09. The fourth-order valence-electron chi connectivity index (χ4n) is 1.74. The maximum absolute atomic E-state index is 13.7. The molecule has 0 saturated heterocycles. The van der Waals surface area contributed by atoms with Crippen molar-refractivity contribution in [1.29, 1.82) is 0 Å². The largest absolute Gasteiger partial charge is 0.358 e. The lowest BCUT2D eigenvalue weighted by atomic mass is 10.1. The van der Waals surface area contributed by atoms with Gasteiger partial charge in [-0.1, -0.05) is 40.2 Å². The van der Waals surface area contributed by atoms with Gasteiger partial charge in [0, 0.05) is 11.0 Å². The van der Waals surface area contributed by atoms with Crippen molar-refractivity contribution in [3.63, 3.8) is 0 Å². The summed E-state index contributed by atoms with van der Waals surface area (Å²) in [5, 5.41) is 6.32.